The van der Waals surface area contributed by atoms with Gasteiger partial charge in [0.15, 0.2) is 5.78 Å². The Hall–Kier alpha value is -1.45. The van der Waals surface area contributed by atoms with Gasteiger partial charge in [-0.3, -0.25) is 9.59 Å². The number of hydrogen-bond donors (Lipinski definition) is 1. The summed E-state index contributed by atoms with van der Waals surface area (Å²) in [6.07, 6.45) is 10.5. The zero-order valence-electron chi connectivity index (χ0n) is 13.8. The van der Waals surface area contributed by atoms with E-state index in [1.54, 1.807) is 6.21 Å². The summed E-state index contributed by atoms with van der Waals surface area (Å²) in [4.78, 5) is 24.3. The third-order valence-electron chi connectivity index (χ3n) is 7.56. The number of carbonyl (C=O) groups excluding carboxylic acids is 2. The highest BCUT2D eigenvalue weighted by molar-refractivity contribution is 5.94. The van der Waals surface area contributed by atoms with Gasteiger partial charge in [-0.2, -0.15) is 0 Å². The predicted molar refractivity (Wildman–Crippen MR) is 86.3 cm³/mol. The summed E-state index contributed by atoms with van der Waals surface area (Å²) < 4.78 is 0. The average Bonchev–Trinajstić information content (AvgIpc) is 2.84. The predicted octanol–water partition coefficient (Wildman–Crippen LogP) is 3.53. The smallest absolute Gasteiger partial charge is 0.155 e. The summed E-state index contributed by atoms with van der Waals surface area (Å²) >= 11 is 0. The maximum atomic E-state index is 12.4. The number of rotatable bonds is 1. The van der Waals surface area contributed by atoms with Gasteiger partial charge in [-0.15, -0.1) is 5.16 Å². The van der Waals surface area contributed by atoms with Crippen LogP contribution in [0.1, 0.15) is 58.3 Å². The highest BCUT2D eigenvalue weighted by Gasteiger charge is 2.59. The van der Waals surface area contributed by atoms with Crippen LogP contribution < -0.4 is 0 Å². The number of ketones is 2. The second-order valence-electron chi connectivity index (χ2n) is 8.25. The minimum absolute atomic E-state index is 0.135. The van der Waals surface area contributed by atoms with Crippen LogP contribution >= 0.6 is 0 Å². The molecule has 1 N–H and O–H groups in total. The first-order chi connectivity index (χ1) is 11.0. The third kappa shape index (κ3) is 1.93. The molecular formula is C19H25NO3. The molecule has 4 aliphatic carbocycles. The van der Waals surface area contributed by atoms with Gasteiger partial charge >= 0.3 is 0 Å². The molecule has 23 heavy (non-hydrogen) atoms. The molecule has 0 heterocycles. The Kier molecular flexibility index (Phi) is 3.30. The lowest BCUT2D eigenvalue weighted by Crippen LogP contribution is -2.52. The Balaban J connectivity index is 1.76. The van der Waals surface area contributed by atoms with Crippen LogP contribution in [0.5, 0.6) is 0 Å². The van der Waals surface area contributed by atoms with Gasteiger partial charge in [-0.05, 0) is 62.4 Å². The second kappa shape index (κ2) is 5.02. The van der Waals surface area contributed by atoms with Crippen molar-refractivity contribution in [2.45, 2.75) is 58.3 Å². The summed E-state index contributed by atoms with van der Waals surface area (Å²) in [5, 5.41) is 12.7. The van der Waals surface area contributed by atoms with Crippen LogP contribution in [0.4, 0.5) is 0 Å². The van der Waals surface area contributed by atoms with Crippen molar-refractivity contribution < 1.29 is 14.8 Å². The number of carbonyl (C=O) groups is 2. The van der Waals surface area contributed by atoms with E-state index < -0.39 is 0 Å². The van der Waals surface area contributed by atoms with Crippen molar-refractivity contribution in [1.82, 2.24) is 0 Å². The van der Waals surface area contributed by atoms with Gasteiger partial charge in [0.1, 0.15) is 5.78 Å². The van der Waals surface area contributed by atoms with Crippen LogP contribution in [0.25, 0.3) is 0 Å². The van der Waals surface area contributed by atoms with E-state index in [0.717, 1.165) is 44.9 Å². The Labute approximate surface area is 137 Å². The molecule has 0 aromatic rings. The Morgan fingerprint density at radius 1 is 1.13 bits per heavy atom. The molecule has 0 aromatic heterocycles. The van der Waals surface area contributed by atoms with Gasteiger partial charge in [-0.25, -0.2) is 0 Å². The average molecular weight is 315 g/mol. The molecule has 0 bridgehead atoms. The van der Waals surface area contributed by atoms with Crippen LogP contribution in [0.3, 0.4) is 0 Å². The normalized spacial score (nSPS) is 46.3. The quantitative estimate of drug-likeness (QED) is 0.457. The summed E-state index contributed by atoms with van der Waals surface area (Å²) in [5.74, 6) is 2.05. The van der Waals surface area contributed by atoms with Crippen LogP contribution in [0.15, 0.2) is 16.8 Å². The van der Waals surface area contributed by atoms with Crippen LogP contribution in [0, 0.1) is 28.6 Å². The molecule has 3 fully saturated rings. The fraction of sp³-hybridized carbons (Fsp3) is 0.737. The molecule has 3 saturated carbocycles. The van der Waals surface area contributed by atoms with Crippen LogP contribution in [-0.4, -0.2) is 23.0 Å². The maximum Gasteiger partial charge on any atom is 0.155 e. The molecule has 0 unspecified atom stereocenters. The standard InChI is InChI=1S/C19H25NO3/c1-18-8-7-16-14(15(18)4-5-17(18)22)3-2-12-10-13(21)6-9-19(12,16)11-20-23/h10-11,14-16,23H,2-9H2,1H3/b20-11-/t14-,15-,16-,18-,19+/m0/s1. The van der Waals surface area contributed by atoms with Crippen LogP contribution in [0.2, 0.25) is 0 Å². The summed E-state index contributed by atoms with van der Waals surface area (Å²) in [6.45, 7) is 2.17. The van der Waals surface area contributed by atoms with Crippen molar-refractivity contribution in [2.24, 2.45) is 33.7 Å². The molecule has 0 amide bonds. The van der Waals surface area contributed by atoms with E-state index in [1.807, 2.05) is 6.08 Å². The monoisotopic (exact) mass is 315 g/mol. The molecule has 0 aliphatic heterocycles. The fourth-order valence-electron chi connectivity index (χ4n) is 6.39. The summed E-state index contributed by atoms with van der Waals surface area (Å²) in [6, 6.07) is 0. The second-order valence-corrected chi connectivity index (χ2v) is 8.25. The number of fused-ring (bicyclic) bond motifs is 5. The molecule has 4 aliphatic rings. The van der Waals surface area contributed by atoms with Crippen molar-refractivity contribution in [3.8, 4) is 0 Å². The zero-order valence-corrected chi connectivity index (χ0v) is 13.8. The molecule has 4 heteroatoms. The Bertz CT molecular complexity index is 622. The number of nitrogens with zero attached hydrogens (tertiary/aromatic N) is 1. The number of Topliss-reactive ketones (excluding diaryl/α,β-unsaturated/α-hetero) is 1. The van der Waals surface area contributed by atoms with Crippen molar-refractivity contribution in [1.29, 1.82) is 0 Å². The zero-order chi connectivity index (χ0) is 16.2. The van der Waals surface area contributed by atoms with Gasteiger partial charge < -0.3 is 5.21 Å². The molecular weight excluding hydrogens is 290 g/mol. The Morgan fingerprint density at radius 2 is 1.96 bits per heavy atom. The minimum Gasteiger partial charge on any atom is -0.411 e. The lowest BCUT2D eigenvalue weighted by molar-refractivity contribution is -0.131. The van der Waals surface area contributed by atoms with E-state index >= 15 is 0 Å². The van der Waals surface area contributed by atoms with E-state index in [1.165, 1.54) is 5.57 Å². The SMILES string of the molecule is C[C@]12CC[C@H]3[C@@H](CCC4=CC(=O)CC[C@@]43/C=N\O)[C@@H]1CCC2=O. The van der Waals surface area contributed by atoms with Gasteiger partial charge in [0, 0.05) is 23.7 Å². The third-order valence-corrected chi connectivity index (χ3v) is 7.56. The molecule has 0 radical (unpaired) electrons. The number of oxime groups is 1. The summed E-state index contributed by atoms with van der Waals surface area (Å²) in [7, 11) is 0. The minimum atomic E-state index is -0.251. The highest BCUT2D eigenvalue weighted by atomic mass is 16.4. The van der Waals surface area contributed by atoms with Crippen LogP contribution in [-0.2, 0) is 9.59 Å². The van der Waals surface area contributed by atoms with E-state index in [-0.39, 0.29) is 16.6 Å². The first kappa shape index (κ1) is 15.1. The topological polar surface area (TPSA) is 66.7 Å². The van der Waals surface area contributed by atoms with E-state index in [2.05, 4.69) is 12.1 Å². The Morgan fingerprint density at radius 3 is 2.74 bits per heavy atom. The first-order valence-corrected chi connectivity index (χ1v) is 8.97. The molecule has 0 spiro atoms. The highest BCUT2D eigenvalue weighted by Crippen LogP contribution is 2.63. The molecule has 4 nitrogen and oxygen atoms in total. The van der Waals surface area contributed by atoms with Gasteiger partial charge in [0.05, 0.1) is 6.21 Å². The van der Waals surface area contributed by atoms with Crippen molar-refractivity contribution in [3.63, 3.8) is 0 Å². The molecule has 5 atom stereocenters. The van der Waals surface area contributed by atoms with E-state index in [9.17, 15) is 14.8 Å². The first-order valence-electron chi connectivity index (χ1n) is 8.97. The van der Waals surface area contributed by atoms with E-state index in [4.69, 9.17) is 0 Å². The molecule has 0 saturated heterocycles. The fourth-order valence-corrected chi connectivity index (χ4v) is 6.39. The molecule has 4 rings (SSSR count). The van der Waals surface area contributed by atoms with Gasteiger partial charge in [-0.1, -0.05) is 12.5 Å². The maximum absolute atomic E-state index is 12.4. The number of hydrogen-bond acceptors (Lipinski definition) is 4. The lowest BCUT2D eigenvalue weighted by Gasteiger charge is -2.56. The van der Waals surface area contributed by atoms with Crippen molar-refractivity contribution in [3.05, 3.63) is 11.6 Å². The van der Waals surface area contributed by atoms with E-state index in [0.29, 0.717) is 30.0 Å². The largest absolute Gasteiger partial charge is 0.411 e. The van der Waals surface area contributed by atoms with Crippen molar-refractivity contribution >= 4 is 17.8 Å². The van der Waals surface area contributed by atoms with Gasteiger partial charge in [0.25, 0.3) is 0 Å². The van der Waals surface area contributed by atoms with Crippen molar-refractivity contribution in [2.75, 3.05) is 0 Å². The lowest BCUT2D eigenvalue weighted by atomic mass is 9.47. The number of allylic oxidation sites excluding steroid dienone is 1. The summed E-state index contributed by atoms with van der Waals surface area (Å²) in [5.41, 5.74) is 0.781. The van der Waals surface area contributed by atoms with Gasteiger partial charge in [0.2, 0.25) is 0 Å². The molecule has 0 aromatic carbocycles. The molecule has 124 valence electrons.